The number of rotatable bonds is 30. The molecule has 0 saturated carbocycles. The van der Waals surface area contributed by atoms with E-state index in [0.29, 0.717) is 0 Å². The number of carboxylic acid groups (broad SMARTS) is 1. The number of ether oxygens (including phenoxy) is 12. The van der Waals surface area contributed by atoms with Crippen molar-refractivity contribution < 1.29 is 193 Å². The van der Waals surface area contributed by atoms with E-state index in [1.807, 2.05) is 0 Å². The Balaban J connectivity index is 1.22. The van der Waals surface area contributed by atoms with E-state index in [0.717, 1.165) is 27.7 Å². The molecule has 0 aromatic heterocycles. The van der Waals surface area contributed by atoms with Gasteiger partial charge in [-0.2, -0.15) is 0 Å². The molecule has 6 saturated heterocycles. The number of hydrogen-bond acceptors (Lipinski definition) is 38. The van der Waals surface area contributed by atoms with Gasteiger partial charge in [0.1, 0.15) is 159 Å². The molecule has 35 atom stereocenters. The van der Waals surface area contributed by atoms with Crippen LogP contribution in [-0.4, -0.2) is 409 Å². The second kappa shape index (κ2) is 35.6. The maximum absolute atomic E-state index is 13.1. The number of aliphatic hydroxyl groups excluding tert-OH is 21. The fourth-order valence-electron chi connectivity index (χ4n) is 11.8. The van der Waals surface area contributed by atoms with Gasteiger partial charge in [-0.05, 0) is 0 Å². The highest BCUT2D eigenvalue weighted by molar-refractivity contribution is 5.77. The molecule has 43 heteroatoms. The predicted octanol–water partition coefficient (Wildman–Crippen LogP) is -16.9. The van der Waals surface area contributed by atoms with E-state index in [4.69, 9.17) is 56.8 Å². The van der Waals surface area contributed by atoms with Crippen LogP contribution >= 0.6 is 0 Å². The van der Waals surface area contributed by atoms with Crippen LogP contribution in [0.2, 0.25) is 0 Å². The van der Waals surface area contributed by atoms with E-state index < -0.39 is 303 Å². The van der Waals surface area contributed by atoms with E-state index >= 15 is 0 Å². The molecule has 0 aliphatic carbocycles. The van der Waals surface area contributed by atoms with Gasteiger partial charge in [0.15, 0.2) is 31.5 Å². The van der Waals surface area contributed by atoms with Crippen molar-refractivity contribution >= 4 is 29.6 Å². The average molecular weight is 1410 g/mol. The fourth-order valence-corrected chi connectivity index (χ4v) is 11.8. The third kappa shape index (κ3) is 18.6. The van der Waals surface area contributed by atoms with E-state index in [9.17, 15) is 136 Å². The van der Waals surface area contributed by atoms with Gasteiger partial charge in [0, 0.05) is 34.1 Å². The molecule has 0 unspecified atom stereocenters. The van der Waals surface area contributed by atoms with Crippen LogP contribution in [0.5, 0.6) is 0 Å². The first-order valence-corrected chi connectivity index (χ1v) is 30.2. The van der Waals surface area contributed by atoms with Gasteiger partial charge in [-0.25, -0.2) is 4.79 Å². The van der Waals surface area contributed by atoms with E-state index in [1.54, 1.807) is 0 Å². The number of aliphatic carboxylic acids is 1. The number of carboxylic acids is 1. The summed E-state index contributed by atoms with van der Waals surface area (Å²) in [6.45, 7) is -5.08. The topological polar surface area (TPSA) is 689 Å². The second-order valence-electron chi connectivity index (χ2n) is 23.7. The van der Waals surface area contributed by atoms with Crippen LogP contribution in [0.25, 0.3) is 0 Å². The van der Waals surface area contributed by atoms with Gasteiger partial charge in [0.25, 0.3) is 5.79 Å². The minimum Gasteiger partial charge on any atom is -0.477 e. The molecule has 6 fully saturated rings. The number of amides is 4. The standard InChI is InChI=1S/C53H90N4O39/c1-14(65)54-18(6-58)41(91-51-40(82)46(35(77)25(11-63)89-51)96-53(52(83)84)5-19(69)27(55-15(2)66)44(95-53)30(72)20(70)7-59)31(73)21(71)13-85-47-28(56-16(3)67)36(78)42(26(12-64)90-47)92-50-39(81)45(34(76)24(10-62)88-50)94-48-29(57-17(4)68)43(33(75)23(9-61)86-48)93-49-38(80)37(79)32(74)22(8-60)87-49/h18-51,58-64,69-82H,5-13H2,1-4H3,(H,54,65)(H,55,66)(H,56,67)(H,57,68)(H,83,84)/t18-,19-,20+,21+,22+,23+,24+,25+,26+,27+,28+,29+,30+,31-,32-,33+,34-,35-,36+,37-,38+,39+,40+,41+,42+,43+,44+,45-,46-,47+,48-,49-,50-,51-,53-/m0/s1. The normalized spacial score (nSPS) is 42.6. The lowest BCUT2D eigenvalue weighted by Crippen LogP contribution is -2.70. The molecule has 6 heterocycles. The molecule has 0 aromatic carbocycles. The minimum absolute atomic E-state index is 0.856. The maximum Gasteiger partial charge on any atom is 0.364 e. The number of aliphatic hydroxyl groups is 21. The molecule has 43 nitrogen and oxygen atoms in total. The Bertz CT molecular complexity index is 2490. The van der Waals surface area contributed by atoms with E-state index in [2.05, 4.69) is 21.3 Å². The zero-order valence-electron chi connectivity index (χ0n) is 51.8. The first-order valence-electron chi connectivity index (χ1n) is 30.2. The molecule has 6 rings (SSSR count). The van der Waals surface area contributed by atoms with E-state index in [-0.39, 0.29) is 0 Å². The summed E-state index contributed by atoms with van der Waals surface area (Å²) >= 11 is 0. The van der Waals surface area contributed by atoms with Gasteiger partial charge >= 0.3 is 5.97 Å². The van der Waals surface area contributed by atoms with Crippen molar-refractivity contribution in [3.05, 3.63) is 0 Å². The SMILES string of the molecule is CC(=O)N[C@H]1[C@H](OC[C@@H](O)[C@H](O)[C@H](O[C@@H]2O[C@H](CO)[C@H](O)[C@H](O[C@]3(C(=O)O)C[C@H](O)[C@@H](NC(C)=O)[C@H]([C@H](O)[C@H](O)CO)O3)[C@H]2O)[C@H](CO)NC(C)=O)O[C@H](CO)[C@@H](O[C@@H]2O[C@H](CO)[C@H](O)[C@H](O[C@@H]3O[C@H](CO)[C@@H](O)[C@H](O[C@@H]4O[C@H](CO)[C@H](O)[C@H](O)[C@H]4O)[C@H]3NC(C)=O)[C@H]2O)[C@@H]1O. The molecule has 0 bridgehead atoms. The predicted molar refractivity (Wildman–Crippen MR) is 298 cm³/mol. The molecule has 6 aliphatic heterocycles. The monoisotopic (exact) mass is 1410 g/mol. The first kappa shape index (κ1) is 81.0. The van der Waals surface area contributed by atoms with Crippen molar-refractivity contribution in [2.24, 2.45) is 0 Å². The highest BCUT2D eigenvalue weighted by Gasteiger charge is 2.61. The third-order valence-electron chi connectivity index (χ3n) is 16.8. The summed E-state index contributed by atoms with van der Waals surface area (Å²) in [5.74, 6) is -8.98. The van der Waals surface area contributed by atoms with Crippen LogP contribution < -0.4 is 21.3 Å². The van der Waals surface area contributed by atoms with Crippen LogP contribution in [0, 0.1) is 0 Å². The summed E-state index contributed by atoms with van der Waals surface area (Å²) in [6, 6.07) is -7.19. The fraction of sp³-hybridized carbons (Fsp3) is 0.906. The van der Waals surface area contributed by atoms with Gasteiger partial charge in [0.05, 0.1) is 71.0 Å². The van der Waals surface area contributed by atoms with Gasteiger partial charge in [-0.15, -0.1) is 0 Å². The average Bonchev–Trinajstić information content (AvgIpc) is 0.770. The smallest absolute Gasteiger partial charge is 0.364 e. The molecular weight excluding hydrogens is 1320 g/mol. The summed E-state index contributed by atoms with van der Waals surface area (Å²) < 4.78 is 68.9. The summed E-state index contributed by atoms with van der Waals surface area (Å²) in [4.78, 5) is 63.1. The van der Waals surface area contributed by atoms with Crippen LogP contribution in [0.15, 0.2) is 0 Å². The second-order valence-corrected chi connectivity index (χ2v) is 23.7. The third-order valence-corrected chi connectivity index (χ3v) is 16.8. The zero-order valence-corrected chi connectivity index (χ0v) is 51.8. The van der Waals surface area contributed by atoms with Crippen molar-refractivity contribution in [1.29, 1.82) is 0 Å². The van der Waals surface area contributed by atoms with Gasteiger partial charge in [-0.3, -0.25) is 19.2 Å². The summed E-state index contributed by atoms with van der Waals surface area (Å²) in [5, 5.41) is 248. The molecule has 96 heavy (non-hydrogen) atoms. The molecule has 4 amide bonds. The Kier molecular flexibility index (Phi) is 30.0. The molecule has 0 spiro atoms. The Morgan fingerprint density at radius 2 is 0.927 bits per heavy atom. The van der Waals surface area contributed by atoms with Crippen molar-refractivity contribution in [3.8, 4) is 0 Å². The number of carbonyl (C=O) groups is 5. The lowest BCUT2D eigenvalue weighted by atomic mass is 9.88. The van der Waals surface area contributed by atoms with Crippen LogP contribution in [-0.2, 0) is 80.8 Å². The quantitative estimate of drug-likeness (QED) is 0.0318. The van der Waals surface area contributed by atoms with Crippen molar-refractivity contribution in [3.63, 3.8) is 0 Å². The molecule has 0 radical (unpaired) electrons. The summed E-state index contributed by atoms with van der Waals surface area (Å²) in [5.41, 5.74) is 0. The van der Waals surface area contributed by atoms with Crippen molar-refractivity contribution in [2.75, 3.05) is 52.9 Å². The Labute approximate surface area is 544 Å². The largest absolute Gasteiger partial charge is 0.477 e. The van der Waals surface area contributed by atoms with Gasteiger partial charge in [0.2, 0.25) is 23.6 Å². The summed E-state index contributed by atoms with van der Waals surface area (Å²) in [6.07, 6.45) is -63.8. The van der Waals surface area contributed by atoms with Crippen molar-refractivity contribution in [2.45, 2.75) is 248 Å². The van der Waals surface area contributed by atoms with Gasteiger partial charge < -0.3 is 190 Å². The number of nitrogens with one attached hydrogen (secondary N) is 4. The van der Waals surface area contributed by atoms with Crippen LogP contribution in [0.1, 0.15) is 34.1 Å². The lowest BCUT2D eigenvalue weighted by molar-refractivity contribution is -0.378. The Morgan fingerprint density at radius 3 is 1.45 bits per heavy atom. The molecular formula is C53H90N4O39. The molecule has 0 aromatic rings. The first-order chi connectivity index (χ1) is 45.2. The number of carbonyl (C=O) groups excluding carboxylic acids is 4. The van der Waals surface area contributed by atoms with Crippen LogP contribution in [0.3, 0.4) is 0 Å². The van der Waals surface area contributed by atoms with Crippen molar-refractivity contribution in [1.82, 2.24) is 21.3 Å². The Morgan fingerprint density at radius 1 is 0.469 bits per heavy atom. The highest BCUT2D eigenvalue weighted by Crippen LogP contribution is 2.40. The lowest BCUT2D eigenvalue weighted by Gasteiger charge is -2.50. The van der Waals surface area contributed by atoms with Gasteiger partial charge in [-0.1, -0.05) is 0 Å². The van der Waals surface area contributed by atoms with E-state index in [1.165, 1.54) is 0 Å². The molecule has 6 aliphatic rings. The minimum atomic E-state index is -3.26. The zero-order chi connectivity index (χ0) is 71.7. The summed E-state index contributed by atoms with van der Waals surface area (Å²) in [7, 11) is 0. The molecule has 556 valence electrons. The maximum atomic E-state index is 13.1. The molecule has 26 N–H and O–H groups in total. The Hall–Kier alpha value is -3.97. The number of hydrogen-bond donors (Lipinski definition) is 26. The van der Waals surface area contributed by atoms with Crippen LogP contribution in [0.4, 0.5) is 0 Å². The highest BCUT2D eigenvalue weighted by atomic mass is 16.8.